The van der Waals surface area contributed by atoms with Crippen molar-refractivity contribution in [3.8, 4) is 0 Å². The molecule has 3 rings (SSSR count). The minimum atomic E-state index is -3.66. The molecule has 1 aliphatic heterocycles. The van der Waals surface area contributed by atoms with Crippen molar-refractivity contribution in [3.63, 3.8) is 0 Å². The summed E-state index contributed by atoms with van der Waals surface area (Å²) in [5, 5.41) is 0. The van der Waals surface area contributed by atoms with E-state index >= 15 is 0 Å². The molecule has 0 bridgehead atoms. The lowest BCUT2D eigenvalue weighted by molar-refractivity contribution is -0.129. The molecule has 7 heteroatoms. The highest BCUT2D eigenvalue weighted by molar-refractivity contribution is 7.89. The van der Waals surface area contributed by atoms with E-state index in [0.717, 1.165) is 18.6 Å². The van der Waals surface area contributed by atoms with E-state index in [9.17, 15) is 13.2 Å². The van der Waals surface area contributed by atoms with Gasteiger partial charge in [0.2, 0.25) is 15.9 Å². The summed E-state index contributed by atoms with van der Waals surface area (Å²) in [6, 6.07) is 6.63. The molecule has 1 atom stereocenters. The average Bonchev–Trinajstić information content (AvgIpc) is 3.27. The second-order valence-corrected chi connectivity index (χ2v) is 8.44. The van der Waals surface area contributed by atoms with Crippen molar-refractivity contribution < 1.29 is 17.9 Å². The predicted molar refractivity (Wildman–Crippen MR) is 90.0 cm³/mol. The van der Waals surface area contributed by atoms with Gasteiger partial charge in [0.1, 0.15) is 0 Å². The van der Waals surface area contributed by atoms with Crippen LogP contribution in [0.1, 0.15) is 24.8 Å². The van der Waals surface area contributed by atoms with Gasteiger partial charge >= 0.3 is 0 Å². The van der Waals surface area contributed by atoms with Crippen LogP contribution in [0, 0.1) is 12.8 Å². The molecule has 0 radical (unpaired) electrons. The average molecular weight is 352 g/mol. The number of nitrogens with zero attached hydrogens (tertiary/aromatic N) is 1. The predicted octanol–water partition coefficient (Wildman–Crippen LogP) is 1.30. The summed E-state index contributed by atoms with van der Waals surface area (Å²) in [4.78, 5) is 14.1. The molecular weight excluding hydrogens is 328 g/mol. The maximum absolute atomic E-state index is 12.2. The van der Waals surface area contributed by atoms with Crippen molar-refractivity contribution in [1.29, 1.82) is 0 Å². The highest BCUT2D eigenvalue weighted by Gasteiger charge is 2.29. The molecule has 1 unspecified atom stereocenters. The maximum atomic E-state index is 12.2. The number of hydrogen-bond acceptors (Lipinski definition) is 4. The minimum absolute atomic E-state index is 0.0860. The van der Waals surface area contributed by atoms with Crippen molar-refractivity contribution in [2.45, 2.75) is 37.2 Å². The van der Waals surface area contributed by atoms with Gasteiger partial charge in [0.05, 0.1) is 17.5 Å². The Balaban J connectivity index is 1.48. The Morgan fingerprint density at radius 2 is 2.12 bits per heavy atom. The van der Waals surface area contributed by atoms with E-state index in [4.69, 9.17) is 4.74 Å². The molecule has 2 aliphatic rings. The first-order chi connectivity index (χ1) is 11.4. The van der Waals surface area contributed by atoms with Gasteiger partial charge in [-0.25, -0.2) is 13.1 Å². The van der Waals surface area contributed by atoms with Crippen LogP contribution < -0.4 is 4.72 Å². The molecule has 1 aromatic rings. The summed E-state index contributed by atoms with van der Waals surface area (Å²) >= 11 is 0. The first-order valence-corrected chi connectivity index (χ1v) is 9.88. The normalized spacial score (nSPS) is 21.2. The fourth-order valence-corrected chi connectivity index (χ4v) is 3.86. The Labute approximate surface area is 143 Å². The fourth-order valence-electron chi connectivity index (χ4n) is 2.78. The Morgan fingerprint density at radius 3 is 2.83 bits per heavy atom. The smallest absolute Gasteiger partial charge is 0.241 e. The number of benzene rings is 1. The van der Waals surface area contributed by atoms with Gasteiger partial charge in [-0.05, 0) is 49.8 Å². The topological polar surface area (TPSA) is 75.7 Å². The fraction of sp³-hybridized carbons (Fsp3) is 0.588. The number of amides is 1. The summed E-state index contributed by atoms with van der Waals surface area (Å²) in [5.74, 6) is 0.500. The quantitative estimate of drug-likeness (QED) is 0.803. The minimum Gasteiger partial charge on any atom is -0.376 e. The Kier molecular flexibility index (Phi) is 5.22. The van der Waals surface area contributed by atoms with Crippen LogP contribution in [0.4, 0.5) is 0 Å². The van der Waals surface area contributed by atoms with Gasteiger partial charge in [0.15, 0.2) is 0 Å². The summed E-state index contributed by atoms with van der Waals surface area (Å²) < 4.78 is 32.7. The van der Waals surface area contributed by atoms with E-state index in [2.05, 4.69) is 4.72 Å². The number of sulfonamides is 1. The molecule has 0 aromatic heterocycles. The van der Waals surface area contributed by atoms with Crippen molar-refractivity contribution in [2.75, 3.05) is 26.2 Å². The van der Waals surface area contributed by atoms with Gasteiger partial charge in [-0.15, -0.1) is 0 Å². The Bertz CT molecular complexity index is 700. The molecule has 1 aromatic carbocycles. The van der Waals surface area contributed by atoms with E-state index < -0.39 is 10.0 Å². The van der Waals surface area contributed by atoms with E-state index in [-0.39, 0.29) is 23.5 Å². The molecule has 2 fully saturated rings. The Morgan fingerprint density at radius 1 is 1.33 bits per heavy atom. The van der Waals surface area contributed by atoms with E-state index in [1.807, 2.05) is 13.0 Å². The molecule has 1 aliphatic carbocycles. The van der Waals surface area contributed by atoms with Crippen LogP contribution in [-0.4, -0.2) is 51.6 Å². The van der Waals surface area contributed by atoms with Crippen LogP contribution in [-0.2, 0) is 19.6 Å². The third-order valence-corrected chi connectivity index (χ3v) is 5.87. The molecule has 1 N–H and O–H groups in total. The number of rotatable bonds is 7. The van der Waals surface area contributed by atoms with E-state index in [1.54, 1.807) is 17.0 Å². The highest BCUT2D eigenvalue weighted by Crippen LogP contribution is 2.30. The number of aryl methyl sites for hydroxylation is 1. The summed E-state index contributed by atoms with van der Waals surface area (Å²) in [6.07, 6.45) is 3.40. The van der Waals surface area contributed by atoms with Crippen molar-refractivity contribution in [2.24, 2.45) is 5.92 Å². The number of hydrogen-bond donors (Lipinski definition) is 1. The van der Waals surface area contributed by atoms with E-state index in [0.29, 0.717) is 19.0 Å². The highest BCUT2D eigenvalue weighted by atomic mass is 32.2. The second-order valence-electron chi connectivity index (χ2n) is 6.67. The number of carbonyl (C=O) groups excluding carboxylic acids is 1. The zero-order chi connectivity index (χ0) is 17.2. The van der Waals surface area contributed by atoms with Crippen molar-refractivity contribution in [3.05, 3.63) is 29.8 Å². The number of ether oxygens (including phenoxy) is 1. The monoisotopic (exact) mass is 352 g/mol. The maximum Gasteiger partial charge on any atom is 0.241 e. The molecule has 1 heterocycles. The summed E-state index contributed by atoms with van der Waals surface area (Å²) in [5.41, 5.74) is 0.861. The van der Waals surface area contributed by atoms with Gasteiger partial charge in [-0.3, -0.25) is 4.79 Å². The van der Waals surface area contributed by atoms with Crippen molar-refractivity contribution >= 4 is 15.9 Å². The number of nitrogens with one attached hydrogen (secondary N) is 1. The largest absolute Gasteiger partial charge is 0.376 e. The summed E-state index contributed by atoms with van der Waals surface area (Å²) in [7, 11) is -3.66. The van der Waals surface area contributed by atoms with Crippen molar-refractivity contribution in [1.82, 2.24) is 9.62 Å². The third-order valence-electron chi connectivity index (χ3n) is 4.48. The van der Waals surface area contributed by atoms with Gasteiger partial charge in [0, 0.05) is 19.7 Å². The molecule has 1 saturated heterocycles. The first kappa shape index (κ1) is 17.4. The zero-order valence-corrected chi connectivity index (χ0v) is 14.7. The standard InChI is InChI=1S/C17H24N2O4S/c1-13-3-2-4-16(9-13)24(21,22)18-10-17(20)19-8-7-15(11-19)23-12-14-5-6-14/h2-4,9,14-15,18H,5-8,10-12H2,1H3. The summed E-state index contributed by atoms with van der Waals surface area (Å²) in [6.45, 7) is 3.58. The number of carbonyl (C=O) groups is 1. The molecule has 132 valence electrons. The molecule has 24 heavy (non-hydrogen) atoms. The van der Waals surface area contributed by atoms with Gasteiger partial charge in [-0.1, -0.05) is 12.1 Å². The van der Waals surface area contributed by atoms with Crippen LogP contribution in [0.3, 0.4) is 0 Å². The first-order valence-electron chi connectivity index (χ1n) is 8.40. The van der Waals surface area contributed by atoms with Crippen LogP contribution in [0.15, 0.2) is 29.2 Å². The third kappa shape index (κ3) is 4.55. The van der Waals surface area contributed by atoms with Crippen LogP contribution in [0.25, 0.3) is 0 Å². The van der Waals surface area contributed by atoms with Gasteiger partial charge < -0.3 is 9.64 Å². The molecule has 1 amide bonds. The van der Waals surface area contributed by atoms with Crippen LogP contribution in [0.5, 0.6) is 0 Å². The molecule has 6 nitrogen and oxygen atoms in total. The lowest BCUT2D eigenvalue weighted by Crippen LogP contribution is -2.39. The van der Waals surface area contributed by atoms with E-state index in [1.165, 1.54) is 18.9 Å². The zero-order valence-electron chi connectivity index (χ0n) is 13.9. The lowest BCUT2D eigenvalue weighted by atomic mass is 10.2. The molecular formula is C17H24N2O4S. The SMILES string of the molecule is Cc1cccc(S(=O)(=O)NCC(=O)N2CCC(OCC3CC3)C2)c1. The van der Waals surface area contributed by atoms with Gasteiger partial charge in [-0.2, -0.15) is 0 Å². The van der Waals surface area contributed by atoms with Crippen LogP contribution >= 0.6 is 0 Å². The second kappa shape index (κ2) is 7.21. The molecule has 1 saturated carbocycles. The van der Waals surface area contributed by atoms with Gasteiger partial charge in [0.25, 0.3) is 0 Å². The van der Waals surface area contributed by atoms with Crippen LogP contribution in [0.2, 0.25) is 0 Å². The lowest BCUT2D eigenvalue weighted by Gasteiger charge is -2.17. The number of likely N-dealkylation sites (tertiary alicyclic amines) is 1. The molecule has 0 spiro atoms. The Hall–Kier alpha value is -1.44.